The van der Waals surface area contributed by atoms with Crippen molar-refractivity contribution >= 4 is 11.6 Å². The van der Waals surface area contributed by atoms with Crippen molar-refractivity contribution in [1.82, 2.24) is 9.88 Å². The lowest BCUT2D eigenvalue weighted by Crippen LogP contribution is -2.31. The van der Waals surface area contributed by atoms with E-state index in [0.29, 0.717) is 30.8 Å². The fourth-order valence-corrected chi connectivity index (χ4v) is 2.14. The molecule has 0 aliphatic carbocycles. The van der Waals surface area contributed by atoms with Gasteiger partial charge in [-0.15, -0.1) is 0 Å². The van der Waals surface area contributed by atoms with Crippen LogP contribution >= 0.6 is 0 Å². The molecule has 2 aromatic rings. The van der Waals surface area contributed by atoms with E-state index in [9.17, 15) is 4.79 Å². The zero-order valence-corrected chi connectivity index (χ0v) is 12.5. The quantitative estimate of drug-likeness (QED) is 0.859. The Morgan fingerprint density at radius 2 is 2.23 bits per heavy atom. The number of aromatic nitrogens is 1. The standard InChI is InChI=1S/C17H18N4O/c1-13-10-15(5-6-16(13)19)17(22)21(9-3-7-18)12-14-4-2-8-20-11-14/h2,4-6,8,10-11H,3,9,12,19H2,1H3. The highest BCUT2D eigenvalue weighted by Crippen LogP contribution is 2.16. The van der Waals surface area contributed by atoms with Gasteiger partial charge in [-0.2, -0.15) is 5.26 Å². The number of benzene rings is 1. The van der Waals surface area contributed by atoms with Gasteiger partial charge in [-0.05, 0) is 42.3 Å². The number of nitriles is 1. The molecule has 1 amide bonds. The first-order valence-corrected chi connectivity index (χ1v) is 7.03. The minimum atomic E-state index is -0.109. The monoisotopic (exact) mass is 294 g/mol. The number of nitrogen functional groups attached to an aromatic ring is 1. The highest BCUT2D eigenvalue weighted by Gasteiger charge is 2.16. The first kappa shape index (κ1) is 15.5. The van der Waals surface area contributed by atoms with E-state index < -0.39 is 0 Å². The topological polar surface area (TPSA) is 83.0 Å². The van der Waals surface area contributed by atoms with E-state index in [4.69, 9.17) is 11.0 Å². The summed E-state index contributed by atoms with van der Waals surface area (Å²) in [6, 6.07) is 11.0. The molecule has 0 bridgehead atoms. The predicted octanol–water partition coefficient (Wildman–Crippen LogP) is 2.53. The second-order valence-electron chi connectivity index (χ2n) is 5.07. The van der Waals surface area contributed by atoms with Gasteiger partial charge in [0.15, 0.2) is 0 Å². The van der Waals surface area contributed by atoms with Gasteiger partial charge in [0.1, 0.15) is 0 Å². The molecular formula is C17H18N4O. The molecule has 0 saturated carbocycles. The van der Waals surface area contributed by atoms with E-state index in [-0.39, 0.29) is 5.91 Å². The van der Waals surface area contributed by atoms with Crippen LogP contribution in [0.15, 0.2) is 42.7 Å². The minimum Gasteiger partial charge on any atom is -0.399 e. The largest absolute Gasteiger partial charge is 0.399 e. The van der Waals surface area contributed by atoms with Gasteiger partial charge in [0.2, 0.25) is 0 Å². The van der Waals surface area contributed by atoms with Gasteiger partial charge in [-0.25, -0.2) is 0 Å². The smallest absolute Gasteiger partial charge is 0.254 e. The summed E-state index contributed by atoms with van der Waals surface area (Å²) in [5.74, 6) is -0.109. The molecule has 2 N–H and O–H groups in total. The minimum absolute atomic E-state index is 0.109. The SMILES string of the molecule is Cc1cc(C(=O)N(CCC#N)Cc2cccnc2)ccc1N. The van der Waals surface area contributed by atoms with Crippen LogP contribution in [0.4, 0.5) is 5.69 Å². The van der Waals surface area contributed by atoms with E-state index in [1.807, 2.05) is 19.1 Å². The highest BCUT2D eigenvalue weighted by molar-refractivity contribution is 5.94. The van der Waals surface area contributed by atoms with Crippen LogP contribution in [0.1, 0.15) is 27.9 Å². The molecule has 112 valence electrons. The summed E-state index contributed by atoms with van der Waals surface area (Å²) in [4.78, 5) is 18.4. The van der Waals surface area contributed by atoms with Gasteiger partial charge >= 0.3 is 0 Å². The van der Waals surface area contributed by atoms with Crippen LogP contribution in [0.2, 0.25) is 0 Å². The van der Waals surface area contributed by atoms with Gasteiger partial charge in [-0.3, -0.25) is 9.78 Å². The van der Waals surface area contributed by atoms with E-state index >= 15 is 0 Å². The molecule has 0 spiro atoms. The number of hydrogen-bond donors (Lipinski definition) is 1. The van der Waals surface area contributed by atoms with Crippen LogP contribution in [0, 0.1) is 18.3 Å². The lowest BCUT2D eigenvalue weighted by atomic mass is 10.1. The van der Waals surface area contributed by atoms with E-state index in [2.05, 4.69) is 11.1 Å². The number of nitrogens with two attached hydrogens (primary N) is 1. The molecule has 1 aromatic carbocycles. The van der Waals surface area contributed by atoms with Crippen molar-refractivity contribution < 1.29 is 4.79 Å². The van der Waals surface area contributed by atoms with Crippen molar-refractivity contribution in [1.29, 1.82) is 5.26 Å². The Hall–Kier alpha value is -2.87. The summed E-state index contributed by atoms with van der Waals surface area (Å²) < 4.78 is 0. The molecule has 1 aromatic heterocycles. The maximum atomic E-state index is 12.7. The number of carbonyl (C=O) groups excluding carboxylic acids is 1. The molecule has 22 heavy (non-hydrogen) atoms. The number of nitrogens with zero attached hydrogens (tertiary/aromatic N) is 3. The summed E-state index contributed by atoms with van der Waals surface area (Å²) in [6.45, 7) is 2.68. The lowest BCUT2D eigenvalue weighted by Gasteiger charge is -2.22. The van der Waals surface area contributed by atoms with Gasteiger partial charge < -0.3 is 10.6 Å². The molecule has 5 nitrogen and oxygen atoms in total. The molecule has 1 heterocycles. The van der Waals surface area contributed by atoms with Crippen molar-refractivity contribution in [3.8, 4) is 6.07 Å². The summed E-state index contributed by atoms with van der Waals surface area (Å²) >= 11 is 0. The maximum Gasteiger partial charge on any atom is 0.254 e. The van der Waals surface area contributed by atoms with Crippen molar-refractivity contribution in [2.24, 2.45) is 0 Å². The molecule has 0 unspecified atom stereocenters. The van der Waals surface area contributed by atoms with Gasteiger partial charge in [0, 0.05) is 36.7 Å². The van der Waals surface area contributed by atoms with Gasteiger partial charge in [-0.1, -0.05) is 6.07 Å². The first-order valence-electron chi connectivity index (χ1n) is 7.03. The molecule has 0 aliphatic rings. The Kier molecular flexibility index (Phi) is 5.10. The predicted molar refractivity (Wildman–Crippen MR) is 84.8 cm³/mol. The summed E-state index contributed by atoms with van der Waals surface area (Å²) in [6.07, 6.45) is 3.70. The van der Waals surface area contributed by atoms with Crippen molar-refractivity contribution in [2.75, 3.05) is 12.3 Å². The Morgan fingerprint density at radius 1 is 1.41 bits per heavy atom. The summed E-state index contributed by atoms with van der Waals surface area (Å²) in [5.41, 5.74) is 8.83. The Balaban J connectivity index is 2.22. The number of anilines is 1. The van der Waals surface area contributed by atoms with Crippen LogP contribution in [-0.2, 0) is 6.54 Å². The molecule has 2 rings (SSSR count). The number of rotatable bonds is 5. The number of hydrogen-bond acceptors (Lipinski definition) is 4. The lowest BCUT2D eigenvalue weighted by molar-refractivity contribution is 0.0746. The van der Waals surface area contributed by atoms with Crippen molar-refractivity contribution in [3.63, 3.8) is 0 Å². The van der Waals surface area contributed by atoms with Crippen LogP contribution < -0.4 is 5.73 Å². The normalized spacial score (nSPS) is 10.0. The molecule has 0 saturated heterocycles. The third-order valence-electron chi connectivity index (χ3n) is 3.39. The van der Waals surface area contributed by atoms with Gasteiger partial charge in [0.25, 0.3) is 5.91 Å². The molecule has 0 aliphatic heterocycles. The summed E-state index contributed by atoms with van der Waals surface area (Å²) in [7, 11) is 0. The van der Waals surface area contributed by atoms with Gasteiger partial charge in [0.05, 0.1) is 12.5 Å². The van der Waals surface area contributed by atoms with E-state index in [0.717, 1.165) is 11.1 Å². The number of aryl methyl sites for hydroxylation is 1. The van der Waals surface area contributed by atoms with Crippen LogP contribution in [0.3, 0.4) is 0 Å². The molecule has 0 radical (unpaired) electrons. The maximum absolute atomic E-state index is 12.7. The van der Waals surface area contributed by atoms with Crippen LogP contribution in [0.5, 0.6) is 0 Å². The molecule has 5 heteroatoms. The van der Waals surface area contributed by atoms with Crippen molar-refractivity contribution in [3.05, 3.63) is 59.4 Å². The third-order valence-corrected chi connectivity index (χ3v) is 3.39. The second kappa shape index (κ2) is 7.23. The zero-order valence-electron chi connectivity index (χ0n) is 12.5. The average Bonchev–Trinajstić information content (AvgIpc) is 2.54. The molecule has 0 fully saturated rings. The summed E-state index contributed by atoms with van der Waals surface area (Å²) in [5, 5.41) is 8.80. The van der Waals surface area contributed by atoms with Crippen LogP contribution in [0.25, 0.3) is 0 Å². The number of amides is 1. The second-order valence-corrected chi connectivity index (χ2v) is 5.07. The Bertz CT molecular complexity index is 692. The molecule has 0 atom stereocenters. The highest BCUT2D eigenvalue weighted by atomic mass is 16.2. The first-order chi connectivity index (χ1) is 10.6. The van der Waals surface area contributed by atoms with E-state index in [1.165, 1.54) is 0 Å². The fourth-order valence-electron chi connectivity index (χ4n) is 2.14. The third kappa shape index (κ3) is 3.83. The van der Waals surface area contributed by atoms with Crippen molar-refractivity contribution in [2.45, 2.75) is 19.9 Å². The zero-order chi connectivity index (χ0) is 15.9. The number of carbonyl (C=O) groups is 1. The van der Waals surface area contributed by atoms with Crippen LogP contribution in [-0.4, -0.2) is 22.3 Å². The Labute approximate surface area is 130 Å². The van der Waals surface area contributed by atoms with E-state index in [1.54, 1.807) is 35.5 Å². The average molecular weight is 294 g/mol. The molecular weight excluding hydrogens is 276 g/mol. The Morgan fingerprint density at radius 3 is 2.86 bits per heavy atom. The number of pyridine rings is 1. The fraction of sp³-hybridized carbons (Fsp3) is 0.235.